The second kappa shape index (κ2) is 6.29. The Bertz CT molecular complexity index is 657. The minimum Gasteiger partial charge on any atom is -0.389 e. The average Bonchev–Trinajstić information content (AvgIpc) is 2.42. The molecule has 1 heterocycles. The van der Waals surface area contributed by atoms with Crippen molar-refractivity contribution in [1.82, 2.24) is 10.3 Å². The van der Waals surface area contributed by atoms with Crippen molar-refractivity contribution in [3.8, 4) is 0 Å². The van der Waals surface area contributed by atoms with Crippen LogP contribution in [-0.2, 0) is 4.79 Å². The lowest BCUT2D eigenvalue weighted by molar-refractivity contribution is -0.118. The number of nitrogens with zero attached hydrogens (tertiary/aromatic N) is 1. The number of pyridine rings is 1. The van der Waals surface area contributed by atoms with Crippen LogP contribution < -0.4 is 16.4 Å². The molecule has 1 aromatic carbocycles. The van der Waals surface area contributed by atoms with E-state index in [4.69, 9.17) is 18.0 Å². The Morgan fingerprint density at radius 1 is 1.35 bits per heavy atom. The van der Waals surface area contributed by atoms with Gasteiger partial charge in [-0.25, -0.2) is 0 Å². The summed E-state index contributed by atoms with van der Waals surface area (Å²) in [6, 6.07) is 7.76. The molecule has 0 radical (unpaired) electrons. The number of aromatic nitrogens is 1. The fraction of sp³-hybridized carbons (Fsp3) is 0.214. The van der Waals surface area contributed by atoms with Gasteiger partial charge < -0.3 is 16.4 Å². The Hall–Kier alpha value is -2.21. The van der Waals surface area contributed by atoms with Gasteiger partial charge in [-0.2, -0.15) is 0 Å². The predicted molar refractivity (Wildman–Crippen MR) is 84.8 cm³/mol. The number of amides is 1. The number of hydrogen-bond donors (Lipinski definition) is 3. The highest BCUT2D eigenvalue weighted by Crippen LogP contribution is 2.25. The van der Waals surface area contributed by atoms with Crippen LogP contribution in [-0.4, -0.2) is 29.0 Å². The van der Waals surface area contributed by atoms with Crippen LogP contribution in [0.2, 0.25) is 0 Å². The molecule has 0 bridgehead atoms. The highest BCUT2D eigenvalue weighted by atomic mass is 32.1. The number of anilines is 1. The number of rotatable bonds is 5. The lowest BCUT2D eigenvalue weighted by atomic mass is 10.1. The molecule has 0 atom stereocenters. The number of carbonyl (C=O) groups is 1. The molecule has 0 aliphatic carbocycles. The Kier molecular flexibility index (Phi) is 4.47. The number of carbonyl (C=O) groups excluding carboxylic acids is 1. The van der Waals surface area contributed by atoms with Crippen LogP contribution in [0.4, 0.5) is 5.69 Å². The van der Waals surface area contributed by atoms with Gasteiger partial charge in [-0.3, -0.25) is 9.78 Å². The molecule has 0 unspecified atom stereocenters. The lowest BCUT2D eigenvalue weighted by Crippen LogP contribution is -2.27. The Morgan fingerprint density at radius 2 is 2.10 bits per heavy atom. The summed E-state index contributed by atoms with van der Waals surface area (Å²) in [5.74, 6) is -0.0547. The minimum atomic E-state index is -0.0547. The van der Waals surface area contributed by atoms with Gasteiger partial charge in [-0.05, 0) is 6.07 Å². The van der Waals surface area contributed by atoms with Crippen molar-refractivity contribution >= 4 is 39.7 Å². The van der Waals surface area contributed by atoms with Crippen molar-refractivity contribution in [1.29, 1.82) is 0 Å². The number of thiocarbonyl (C=S) groups is 1. The molecule has 2 rings (SSSR count). The molecular weight excluding hydrogens is 272 g/mol. The summed E-state index contributed by atoms with van der Waals surface area (Å²) in [5.41, 5.74) is 8.17. The van der Waals surface area contributed by atoms with Crippen molar-refractivity contribution in [3.05, 3.63) is 36.0 Å². The molecular formula is C14H16N4OS. The molecule has 0 saturated carbocycles. The maximum Gasteiger partial charge on any atom is 0.216 e. The van der Waals surface area contributed by atoms with E-state index in [0.29, 0.717) is 23.6 Å². The first-order chi connectivity index (χ1) is 9.59. The third kappa shape index (κ3) is 3.21. The summed E-state index contributed by atoms with van der Waals surface area (Å²) >= 11 is 5.06. The number of nitrogens with two attached hydrogens (primary N) is 1. The van der Waals surface area contributed by atoms with Crippen LogP contribution in [0.25, 0.3) is 10.9 Å². The Balaban J connectivity index is 2.30. The summed E-state index contributed by atoms with van der Waals surface area (Å²) in [6.45, 7) is 2.61. The standard InChI is InChI=1S/C14H16N4OS/c1-9(19)16-6-7-17-13-10-4-2-3-5-12(10)18-8-11(13)14(15)20/h2-5,8H,6-7H2,1H3,(H2,15,20)(H,16,19)(H,17,18). The second-order valence-electron chi connectivity index (χ2n) is 4.34. The van der Waals surface area contributed by atoms with Gasteiger partial charge in [0.2, 0.25) is 5.91 Å². The van der Waals surface area contributed by atoms with Crippen LogP contribution in [0.15, 0.2) is 30.5 Å². The van der Waals surface area contributed by atoms with Crippen molar-refractivity contribution in [2.45, 2.75) is 6.92 Å². The van der Waals surface area contributed by atoms with Gasteiger partial charge in [0, 0.05) is 31.6 Å². The smallest absolute Gasteiger partial charge is 0.216 e. The fourth-order valence-corrected chi connectivity index (χ4v) is 2.10. The molecule has 0 aliphatic rings. The van der Waals surface area contributed by atoms with E-state index in [1.165, 1.54) is 6.92 Å². The molecule has 104 valence electrons. The first kappa shape index (κ1) is 14.2. The molecule has 4 N–H and O–H groups in total. The third-order valence-corrected chi connectivity index (χ3v) is 3.06. The molecule has 2 aromatic rings. The van der Waals surface area contributed by atoms with E-state index < -0.39 is 0 Å². The fourth-order valence-electron chi connectivity index (χ4n) is 1.94. The summed E-state index contributed by atoms with van der Waals surface area (Å²) in [7, 11) is 0. The van der Waals surface area contributed by atoms with E-state index >= 15 is 0 Å². The number of benzene rings is 1. The van der Waals surface area contributed by atoms with E-state index in [1.54, 1.807) is 6.20 Å². The molecule has 5 nitrogen and oxygen atoms in total. The van der Waals surface area contributed by atoms with Gasteiger partial charge >= 0.3 is 0 Å². The second-order valence-corrected chi connectivity index (χ2v) is 4.78. The van der Waals surface area contributed by atoms with E-state index in [0.717, 1.165) is 16.6 Å². The number of hydrogen-bond acceptors (Lipinski definition) is 4. The largest absolute Gasteiger partial charge is 0.389 e. The molecule has 1 aromatic heterocycles. The zero-order valence-electron chi connectivity index (χ0n) is 11.1. The molecule has 6 heteroatoms. The predicted octanol–water partition coefficient (Wildman–Crippen LogP) is 1.42. The van der Waals surface area contributed by atoms with Crippen molar-refractivity contribution < 1.29 is 4.79 Å². The summed E-state index contributed by atoms with van der Waals surface area (Å²) in [5, 5.41) is 6.96. The zero-order valence-corrected chi connectivity index (χ0v) is 12.0. The zero-order chi connectivity index (χ0) is 14.5. The average molecular weight is 288 g/mol. The van der Waals surface area contributed by atoms with Crippen LogP contribution in [0.1, 0.15) is 12.5 Å². The number of nitrogens with one attached hydrogen (secondary N) is 2. The van der Waals surface area contributed by atoms with Gasteiger partial charge in [0.25, 0.3) is 0 Å². The van der Waals surface area contributed by atoms with Gasteiger partial charge in [0.05, 0.1) is 16.8 Å². The van der Waals surface area contributed by atoms with E-state index in [-0.39, 0.29) is 5.91 Å². The van der Waals surface area contributed by atoms with Crippen LogP contribution in [0.3, 0.4) is 0 Å². The lowest BCUT2D eigenvalue weighted by Gasteiger charge is -2.14. The van der Waals surface area contributed by atoms with Crippen molar-refractivity contribution in [2.24, 2.45) is 5.73 Å². The maximum atomic E-state index is 10.9. The SMILES string of the molecule is CC(=O)NCCNc1c(C(N)=S)cnc2ccccc12. The van der Waals surface area contributed by atoms with E-state index in [9.17, 15) is 4.79 Å². The van der Waals surface area contributed by atoms with Gasteiger partial charge in [0.15, 0.2) is 0 Å². The van der Waals surface area contributed by atoms with Crippen LogP contribution in [0.5, 0.6) is 0 Å². The summed E-state index contributed by atoms with van der Waals surface area (Å²) < 4.78 is 0. The summed E-state index contributed by atoms with van der Waals surface area (Å²) in [4.78, 5) is 15.5. The number of para-hydroxylation sites is 1. The van der Waals surface area contributed by atoms with Gasteiger partial charge in [-0.1, -0.05) is 30.4 Å². The first-order valence-electron chi connectivity index (χ1n) is 6.25. The maximum absolute atomic E-state index is 10.9. The highest BCUT2D eigenvalue weighted by molar-refractivity contribution is 7.80. The highest BCUT2D eigenvalue weighted by Gasteiger charge is 2.10. The molecule has 1 amide bonds. The quantitative estimate of drug-likeness (QED) is 0.573. The minimum absolute atomic E-state index is 0.0547. The van der Waals surface area contributed by atoms with Crippen molar-refractivity contribution in [2.75, 3.05) is 18.4 Å². The monoisotopic (exact) mass is 288 g/mol. The topological polar surface area (TPSA) is 80.0 Å². The molecule has 0 aliphatic heterocycles. The Labute approximate surface area is 122 Å². The van der Waals surface area contributed by atoms with Crippen LogP contribution in [0, 0.1) is 0 Å². The van der Waals surface area contributed by atoms with Crippen LogP contribution >= 0.6 is 12.2 Å². The molecule has 0 spiro atoms. The molecule has 20 heavy (non-hydrogen) atoms. The third-order valence-electron chi connectivity index (χ3n) is 2.84. The Morgan fingerprint density at radius 3 is 2.80 bits per heavy atom. The van der Waals surface area contributed by atoms with E-state index in [1.807, 2.05) is 24.3 Å². The first-order valence-corrected chi connectivity index (χ1v) is 6.66. The normalized spacial score (nSPS) is 10.2. The number of fused-ring (bicyclic) bond motifs is 1. The van der Waals surface area contributed by atoms with E-state index in [2.05, 4.69) is 15.6 Å². The van der Waals surface area contributed by atoms with Gasteiger partial charge in [-0.15, -0.1) is 0 Å². The molecule has 0 saturated heterocycles. The van der Waals surface area contributed by atoms with Crippen molar-refractivity contribution in [3.63, 3.8) is 0 Å². The van der Waals surface area contributed by atoms with Gasteiger partial charge in [0.1, 0.15) is 4.99 Å². The summed E-state index contributed by atoms with van der Waals surface area (Å²) in [6.07, 6.45) is 1.67. The molecule has 0 fully saturated rings.